The highest BCUT2D eigenvalue weighted by atomic mass is 16.6. The monoisotopic (exact) mass is 299 g/mol. The molecule has 0 radical (unpaired) electrons. The van der Waals surface area contributed by atoms with Gasteiger partial charge in [0, 0.05) is 26.2 Å². The van der Waals surface area contributed by atoms with E-state index in [1.54, 1.807) is 0 Å². The van der Waals surface area contributed by atoms with Crippen molar-refractivity contribution in [3.05, 3.63) is 0 Å². The number of rotatable bonds is 7. The summed E-state index contributed by atoms with van der Waals surface area (Å²) in [6, 6.07) is 0. The van der Waals surface area contributed by atoms with Crippen molar-refractivity contribution in [1.82, 2.24) is 15.1 Å². The Hall–Kier alpha value is -0.810. The Labute approximate surface area is 130 Å². The normalized spacial score (nSPS) is 17.0. The number of carbonyl (C=O) groups excluding carboxylic acids is 1. The number of carbonyl (C=O) groups is 1. The van der Waals surface area contributed by atoms with Crippen molar-refractivity contribution >= 4 is 6.09 Å². The number of nitrogens with zero attached hydrogens (tertiary/aromatic N) is 2. The van der Waals surface area contributed by atoms with E-state index in [1.165, 1.54) is 19.3 Å². The Morgan fingerprint density at radius 2 is 1.76 bits per heavy atom. The van der Waals surface area contributed by atoms with Crippen molar-refractivity contribution in [1.29, 1.82) is 0 Å². The molecule has 1 N–H and O–H groups in total. The van der Waals surface area contributed by atoms with Crippen molar-refractivity contribution in [2.24, 2.45) is 0 Å². The van der Waals surface area contributed by atoms with Gasteiger partial charge in [-0.15, -0.1) is 0 Å². The zero-order valence-electron chi connectivity index (χ0n) is 14.3. The molecule has 1 rings (SSSR count). The van der Waals surface area contributed by atoms with Gasteiger partial charge in [-0.05, 0) is 53.2 Å². The van der Waals surface area contributed by atoms with E-state index in [1.807, 2.05) is 25.7 Å². The van der Waals surface area contributed by atoms with E-state index >= 15 is 0 Å². The summed E-state index contributed by atoms with van der Waals surface area (Å²) in [5, 5.41) is 3.35. The van der Waals surface area contributed by atoms with E-state index in [2.05, 4.69) is 17.1 Å². The molecule has 0 aromatic heterocycles. The smallest absolute Gasteiger partial charge is 0.410 e. The van der Waals surface area contributed by atoms with E-state index in [0.29, 0.717) is 0 Å². The zero-order valence-corrected chi connectivity index (χ0v) is 14.3. The number of ether oxygens (including phenoxy) is 1. The standard InChI is InChI=1S/C16H33N3O2/c1-5-17-9-7-6-8-10-18-11-13-19(14-12-18)15(20)21-16(2,3)4/h17H,5-14H2,1-4H3. The van der Waals surface area contributed by atoms with Gasteiger partial charge in [-0.25, -0.2) is 4.79 Å². The predicted molar refractivity (Wildman–Crippen MR) is 86.6 cm³/mol. The van der Waals surface area contributed by atoms with Gasteiger partial charge in [-0.1, -0.05) is 13.3 Å². The summed E-state index contributed by atoms with van der Waals surface area (Å²) in [5.74, 6) is 0. The van der Waals surface area contributed by atoms with Gasteiger partial charge < -0.3 is 15.0 Å². The molecule has 5 heteroatoms. The summed E-state index contributed by atoms with van der Waals surface area (Å²) in [7, 11) is 0. The molecule has 0 saturated carbocycles. The molecule has 1 aliphatic heterocycles. The van der Waals surface area contributed by atoms with Gasteiger partial charge in [0.2, 0.25) is 0 Å². The van der Waals surface area contributed by atoms with Crippen molar-refractivity contribution in [3.63, 3.8) is 0 Å². The van der Waals surface area contributed by atoms with Crippen LogP contribution in [0.1, 0.15) is 47.0 Å². The maximum atomic E-state index is 12.0. The number of unbranched alkanes of at least 4 members (excludes halogenated alkanes) is 2. The molecule has 0 aromatic rings. The molecule has 0 aromatic carbocycles. The fourth-order valence-electron chi connectivity index (χ4n) is 2.42. The molecule has 5 nitrogen and oxygen atoms in total. The summed E-state index contributed by atoms with van der Waals surface area (Å²) in [4.78, 5) is 16.2. The molecule has 21 heavy (non-hydrogen) atoms. The summed E-state index contributed by atoms with van der Waals surface area (Å²) in [6.07, 6.45) is 3.61. The van der Waals surface area contributed by atoms with Crippen LogP contribution in [0.2, 0.25) is 0 Å². The first-order valence-corrected chi connectivity index (χ1v) is 8.33. The van der Waals surface area contributed by atoms with E-state index in [0.717, 1.165) is 45.8 Å². The molecule has 0 bridgehead atoms. The summed E-state index contributed by atoms with van der Waals surface area (Å²) < 4.78 is 5.41. The number of hydrogen-bond donors (Lipinski definition) is 1. The minimum Gasteiger partial charge on any atom is -0.444 e. The summed E-state index contributed by atoms with van der Waals surface area (Å²) in [5.41, 5.74) is -0.402. The van der Waals surface area contributed by atoms with Gasteiger partial charge in [0.05, 0.1) is 0 Å². The Bertz CT molecular complexity index is 294. The molecule has 124 valence electrons. The van der Waals surface area contributed by atoms with Crippen LogP contribution in [0.15, 0.2) is 0 Å². The minimum absolute atomic E-state index is 0.173. The zero-order chi connectivity index (χ0) is 15.7. The molecule has 1 heterocycles. The fraction of sp³-hybridized carbons (Fsp3) is 0.938. The number of amides is 1. The Balaban J connectivity index is 2.10. The molecule has 1 fully saturated rings. The third-order valence-corrected chi connectivity index (χ3v) is 3.60. The maximum absolute atomic E-state index is 12.0. The van der Waals surface area contributed by atoms with Crippen LogP contribution >= 0.6 is 0 Å². The number of hydrogen-bond acceptors (Lipinski definition) is 4. The highest BCUT2D eigenvalue weighted by Gasteiger charge is 2.25. The average Bonchev–Trinajstić information content (AvgIpc) is 2.41. The quantitative estimate of drug-likeness (QED) is 0.733. The Morgan fingerprint density at radius 1 is 1.10 bits per heavy atom. The second-order valence-electron chi connectivity index (χ2n) is 6.72. The van der Waals surface area contributed by atoms with Gasteiger partial charge in [0.25, 0.3) is 0 Å². The predicted octanol–water partition coefficient (Wildman–Crippen LogP) is 2.32. The van der Waals surface area contributed by atoms with Gasteiger partial charge in [-0.3, -0.25) is 4.90 Å². The Morgan fingerprint density at radius 3 is 2.33 bits per heavy atom. The van der Waals surface area contributed by atoms with E-state index in [9.17, 15) is 4.79 Å². The van der Waals surface area contributed by atoms with Crippen LogP contribution in [0.5, 0.6) is 0 Å². The van der Waals surface area contributed by atoms with Gasteiger partial charge in [0.15, 0.2) is 0 Å². The van der Waals surface area contributed by atoms with Crippen molar-refractivity contribution in [2.45, 2.75) is 52.6 Å². The molecular weight excluding hydrogens is 266 g/mol. The Kier molecular flexibility index (Phi) is 8.04. The molecule has 0 aliphatic carbocycles. The minimum atomic E-state index is -0.402. The van der Waals surface area contributed by atoms with Gasteiger partial charge >= 0.3 is 6.09 Å². The average molecular weight is 299 g/mol. The third kappa shape index (κ3) is 8.27. The van der Waals surface area contributed by atoms with Crippen LogP contribution in [0.3, 0.4) is 0 Å². The van der Waals surface area contributed by atoms with Gasteiger partial charge in [-0.2, -0.15) is 0 Å². The molecule has 0 atom stereocenters. The van der Waals surface area contributed by atoms with E-state index < -0.39 is 5.60 Å². The SMILES string of the molecule is CCNCCCCCN1CCN(C(=O)OC(C)(C)C)CC1. The first-order chi connectivity index (χ1) is 9.92. The first kappa shape index (κ1) is 18.2. The lowest BCUT2D eigenvalue weighted by molar-refractivity contribution is 0.0144. The molecular formula is C16H33N3O2. The lowest BCUT2D eigenvalue weighted by Crippen LogP contribution is -2.50. The third-order valence-electron chi connectivity index (χ3n) is 3.60. The second-order valence-corrected chi connectivity index (χ2v) is 6.72. The lowest BCUT2D eigenvalue weighted by Gasteiger charge is -2.35. The highest BCUT2D eigenvalue weighted by molar-refractivity contribution is 5.68. The van der Waals surface area contributed by atoms with Crippen molar-refractivity contribution < 1.29 is 9.53 Å². The summed E-state index contributed by atoms with van der Waals surface area (Å²) in [6.45, 7) is 14.7. The van der Waals surface area contributed by atoms with E-state index in [4.69, 9.17) is 4.74 Å². The second kappa shape index (κ2) is 9.26. The van der Waals surface area contributed by atoms with E-state index in [-0.39, 0.29) is 6.09 Å². The molecule has 0 unspecified atom stereocenters. The van der Waals surface area contributed by atoms with Crippen molar-refractivity contribution in [2.75, 3.05) is 45.8 Å². The highest BCUT2D eigenvalue weighted by Crippen LogP contribution is 2.12. The van der Waals surface area contributed by atoms with Crippen molar-refractivity contribution in [3.8, 4) is 0 Å². The lowest BCUT2D eigenvalue weighted by atomic mass is 10.2. The van der Waals surface area contributed by atoms with Gasteiger partial charge in [0.1, 0.15) is 5.60 Å². The van der Waals surface area contributed by atoms with Crippen LogP contribution in [-0.2, 0) is 4.74 Å². The van der Waals surface area contributed by atoms with Crippen LogP contribution in [0.25, 0.3) is 0 Å². The molecule has 1 amide bonds. The topological polar surface area (TPSA) is 44.8 Å². The van der Waals surface area contributed by atoms with Crippen LogP contribution in [0.4, 0.5) is 4.79 Å². The fourth-order valence-corrected chi connectivity index (χ4v) is 2.42. The molecule has 0 spiro atoms. The molecule has 1 aliphatic rings. The summed E-state index contributed by atoms with van der Waals surface area (Å²) >= 11 is 0. The van der Waals surface area contributed by atoms with Crippen LogP contribution < -0.4 is 5.32 Å². The largest absolute Gasteiger partial charge is 0.444 e. The van der Waals surface area contributed by atoms with Crippen LogP contribution in [-0.4, -0.2) is 67.3 Å². The number of piperazine rings is 1. The maximum Gasteiger partial charge on any atom is 0.410 e. The number of nitrogens with one attached hydrogen (secondary N) is 1. The van der Waals surface area contributed by atoms with Crippen LogP contribution in [0, 0.1) is 0 Å². The first-order valence-electron chi connectivity index (χ1n) is 8.33. The molecule has 1 saturated heterocycles.